The van der Waals surface area contributed by atoms with Crippen molar-refractivity contribution in [1.29, 1.82) is 0 Å². The summed E-state index contributed by atoms with van der Waals surface area (Å²) >= 11 is 0. The molecular weight excluding hydrogens is 185 g/mol. The van der Waals surface area contributed by atoms with Gasteiger partial charge in [0.25, 0.3) is 0 Å². The molecule has 0 aromatic carbocycles. The van der Waals surface area contributed by atoms with E-state index >= 15 is 0 Å². The average Bonchev–Trinajstić information content (AvgIpc) is 2.12. The van der Waals surface area contributed by atoms with Crippen molar-refractivity contribution in [3.63, 3.8) is 0 Å². The maximum absolute atomic E-state index is 11.9. The van der Waals surface area contributed by atoms with Crippen LogP contribution in [-0.2, 0) is 4.79 Å². The van der Waals surface area contributed by atoms with Gasteiger partial charge >= 0.3 is 5.97 Å². The highest BCUT2D eigenvalue weighted by molar-refractivity contribution is 5.67. The van der Waals surface area contributed by atoms with Gasteiger partial charge in [0.05, 0.1) is 6.67 Å². The third-order valence-corrected chi connectivity index (χ3v) is 2.36. The Morgan fingerprint density at radius 3 is 2.64 bits per heavy atom. The van der Waals surface area contributed by atoms with E-state index in [9.17, 15) is 9.18 Å². The van der Waals surface area contributed by atoms with Gasteiger partial charge in [0.1, 0.15) is 0 Å². The molecule has 0 aliphatic carbocycles. The molecule has 0 aromatic heterocycles. The van der Waals surface area contributed by atoms with Crippen molar-refractivity contribution in [2.75, 3.05) is 13.2 Å². The lowest BCUT2D eigenvalue weighted by Crippen LogP contribution is -2.20. The first kappa shape index (κ1) is 13.4. The zero-order chi connectivity index (χ0) is 11.0. The summed E-state index contributed by atoms with van der Waals surface area (Å²) < 4.78 is 11.9. The van der Waals surface area contributed by atoms with E-state index in [-0.39, 0.29) is 19.0 Å². The molecule has 0 spiro atoms. The van der Waals surface area contributed by atoms with Crippen molar-refractivity contribution in [2.24, 2.45) is 17.6 Å². The summed E-state index contributed by atoms with van der Waals surface area (Å²) in [6.07, 6.45) is 2.28. The van der Waals surface area contributed by atoms with Gasteiger partial charge in [-0.2, -0.15) is 0 Å². The van der Waals surface area contributed by atoms with E-state index < -0.39 is 5.97 Å². The molecule has 2 unspecified atom stereocenters. The molecule has 4 heteroatoms. The van der Waals surface area contributed by atoms with Crippen LogP contribution in [0.2, 0.25) is 0 Å². The van der Waals surface area contributed by atoms with E-state index in [1.54, 1.807) is 0 Å². The number of nitrogens with two attached hydrogens (primary N) is 1. The SMILES string of the molecule is CC(CCCF)CC(CN)CC(=O)O. The van der Waals surface area contributed by atoms with Crippen LogP contribution in [0.15, 0.2) is 0 Å². The predicted molar refractivity (Wildman–Crippen MR) is 53.8 cm³/mol. The van der Waals surface area contributed by atoms with Gasteiger partial charge in [0, 0.05) is 6.42 Å². The smallest absolute Gasteiger partial charge is 0.303 e. The molecule has 3 nitrogen and oxygen atoms in total. The number of carboxylic acid groups (broad SMARTS) is 1. The molecule has 0 rings (SSSR count). The fourth-order valence-electron chi connectivity index (χ4n) is 1.62. The molecule has 0 fully saturated rings. The zero-order valence-corrected chi connectivity index (χ0v) is 8.71. The van der Waals surface area contributed by atoms with E-state index in [2.05, 4.69) is 0 Å². The number of carbonyl (C=O) groups is 1. The standard InChI is InChI=1S/C10H20FNO2/c1-8(3-2-4-11)5-9(7-12)6-10(13)14/h8-9H,2-7,12H2,1H3,(H,13,14). The highest BCUT2D eigenvalue weighted by Crippen LogP contribution is 2.18. The van der Waals surface area contributed by atoms with Crippen LogP contribution < -0.4 is 5.73 Å². The summed E-state index contributed by atoms with van der Waals surface area (Å²) in [6, 6.07) is 0. The van der Waals surface area contributed by atoms with E-state index in [1.165, 1.54) is 0 Å². The topological polar surface area (TPSA) is 63.3 Å². The van der Waals surface area contributed by atoms with Crippen LogP contribution in [0.5, 0.6) is 0 Å². The van der Waals surface area contributed by atoms with Crippen molar-refractivity contribution in [2.45, 2.75) is 32.6 Å². The van der Waals surface area contributed by atoms with Crippen LogP contribution in [-0.4, -0.2) is 24.3 Å². The maximum Gasteiger partial charge on any atom is 0.303 e. The third kappa shape index (κ3) is 6.83. The molecule has 0 bridgehead atoms. The Bertz CT molecular complexity index is 164. The fourth-order valence-corrected chi connectivity index (χ4v) is 1.62. The number of halogens is 1. The summed E-state index contributed by atoms with van der Waals surface area (Å²) in [6.45, 7) is 2.11. The molecule has 0 aliphatic rings. The van der Waals surface area contributed by atoms with E-state index in [1.807, 2.05) is 6.92 Å². The molecule has 14 heavy (non-hydrogen) atoms. The van der Waals surface area contributed by atoms with Gasteiger partial charge in [-0.3, -0.25) is 9.18 Å². The van der Waals surface area contributed by atoms with Crippen molar-refractivity contribution >= 4 is 5.97 Å². The third-order valence-electron chi connectivity index (χ3n) is 2.36. The van der Waals surface area contributed by atoms with E-state index in [4.69, 9.17) is 10.8 Å². The van der Waals surface area contributed by atoms with Crippen LogP contribution in [0.4, 0.5) is 4.39 Å². The average molecular weight is 205 g/mol. The molecule has 0 aromatic rings. The highest BCUT2D eigenvalue weighted by atomic mass is 19.1. The molecule has 0 saturated carbocycles. The van der Waals surface area contributed by atoms with Gasteiger partial charge < -0.3 is 10.8 Å². The van der Waals surface area contributed by atoms with Gasteiger partial charge in [0.2, 0.25) is 0 Å². The molecule has 84 valence electrons. The summed E-state index contributed by atoms with van der Waals surface area (Å²) in [5.74, 6) is -0.418. The molecule has 0 radical (unpaired) electrons. The lowest BCUT2D eigenvalue weighted by molar-refractivity contribution is -0.138. The maximum atomic E-state index is 11.9. The predicted octanol–water partition coefficient (Wildman–Crippen LogP) is 1.81. The number of carboxylic acids is 1. The van der Waals surface area contributed by atoms with Crippen LogP contribution in [0.1, 0.15) is 32.6 Å². The monoisotopic (exact) mass is 205 g/mol. The van der Waals surface area contributed by atoms with Crippen LogP contribution in [0.3, 0.4) is 0 Å². The van der Waals surface area contributed by atoms with Crippen molar-refractivity contribution in [3.8, 4) is 0 Å². The van der Waals surface area contributed by atoms with Crippen molar-refractivity contribution in [3.05, 3.63) is 0 Å². The first-order valence-electron chi connectivity index (χ1n) is 5.08. The number of rotatable bonds is 8. The molecule has 0 aliphatic heterocycles. The Labute approximate surface area is 84.5 Å². The van der Waals surface area contributed by atoms with Gasteiger partial charge in [-0.15, -0.1) is 0 Å². The Balaban J connectivity index is 3.73. The first-order chi connectivity index (χ1) is 6.60. The van der Waals surface area contributed by atoms with Gasteiger partial charge in [-0.25, -0.2) is 0 Å². The van der Waals surface area contributed by atoms with Crippen molar-refractivity contribution in [1.82, 2.24) is 0 Å². The quantitative estimate of drug-likeness (QED) is 0.635. The summed E-state index contributed by atoms with van der Waals surface area (Å²) in [7, 11) is 0. The number of hydrogen-bond acceptors (Lipinski definition) is 2. The molecule has 3 N–H and O–H groups in total. The minimum Gasteiger partial charge on any atom is -0.481 e. The minimum atomic E-state index is -0.807. The van der Waals surface area contributed by atoms with E-state index in [0.717, 1.165) is 12.8 Å². The number of aliphatic carboxylic acids is 1. The lowest BCUT2D eigenvalue weighted by Gasteiger charge is -2.17. The Morgan fingerprint density at radius 2 is 2.21 bits per heavy atom. The van der Waals surface area contributed by atoms with Crippen LogP contribution in [0.25, 0.3) is 0 Å². The molecular formula is C10H20FNO2. The normalized spacial score (nSPS) is 15.1. The number of alkyl halides is 1. The van der Waals surface area contributed by atoms with Gasteiger partial charge in [0.15, 0.2) is 0 Å². The molecule has 0 amide bonds. The zero-order valence-electron chi connectivity index (χ0n) is 8.71. The highest BCUT2D eigenvalue weighted by Gasteiger charge is 2.14. The van der Waals surface area contributed by atoms with Crippen LogP contribution >= 0.6 is 0 Å². The minimum absolute atomic E-state index is 0.0297. The van der Waals surface area contributed by atoms with Crippen LogP contribution in [0, 0.1) is 11.8 Å². The molecule has 0 saturated heterocycles. The Morgan fingerprint density at radius 1 is 1.57 bits per heavy atom. The second-order valence-corrected chi connectivity index (χ2v) is 3.87. The second-order valence-electron chi connectivity index (χ2n) is 3.87. The van der Waals surface area contributed by atoms with Crippen molar-refractivity contribution < 1.29 is 14.3 Å². The van der Waals surface area contributed by atoms with Gasteiger partial charge in [-0.05, 0) is 37.6 Å². The van der Waals surface area contributed by atoms with E-state index in [0.29, 0.717) is 18.9 Å². The second kappa shape index (κ2) is 7.74. The fraction of sp³-hybridized carbons (Fsp3) is 0.900. The summed E-state index contributed by atoms with van der Waals surface area (Å²) in [4.78, 5) is 10.4. The molecule has 0 heterocycles. The lowest BCUT2D eigenvalue weighted by atomic mass is 9.90. The summed E-state index contributed by atoms with van der Waals surface area (Å²) in [5.41, 5.74) is 5.46. The largest absolute Gasteiger partial charge is 0.481 e. The van der Waals surface area contributed by atoms with Gasteiger partial charge in [-0.1, -0.05) is 6.92 Å². The number of hydrogen-bond donors (Lipinski definition) is 2. The summed E-state index contributed by atoms with van der Waals surface area (Å²) in [5, 5.41) is 8.59. The Kier molecular flexibility index (Phi) is 7.38. The first-order valence-corrected chi connectivity index (χ1v) is 5.08. The molecule has 2 atom stereocenters. The Hall–Kier alpha value is -0.640.